The molecule has 0 amide bonds. The molecule has 2 N–H and O–H groups in total. The molecule has 0 spiro atoms. The number of rotatable bonds is 8. The lowest BCUT2D eigenvalue weighted by atomic mass is 10.0. The fraction of sp³-hybridized carbons (Fsp3) is 0.571. The van der Waals surface area contributed by atoms with Crippen molar-refractivity contribution in [1.29, 1.82) is 0 Å². The minimum atomic E-state index is -3.52. The molecule has 0 aliphatic heterocycles. The zero-order chi connectivity index (χ0) is 15.2. The van der Waals surface area contributed by atoms with Gasteiger partial charge in [0.05, 0.1) is 11.5 Å². The van der Waals surface area contributed by atoms with Gasteiger partial charge in [-0.05, 0) is 44.5 Å². The van der Waals surface area contributed by atoms with Crippen molar-refractivity contribution in [3.63, 3.8) is 0 Å². The summed E-state index contributed by atoms with van der Waals surface area (Å²) in [5, 5.41) is 8.66. The van der Waals surface area contributed by atoms with Crippen LogP contribution < -0.4 is 9.46 Å². The molecule has 114 valence electrons. The molecule has 0 aliphatic carbocycles. The maximum atomic E-state index is 12.2. The van der Waals surface area contributed by atoms with Gasteiger partial charge < -0.3 is 9.84 Å². The largest absolute Gasteiger partial charge is 0.494 e. The van der Waals surface area contributed by atoms with Gasteiger partial charge in [-0.25, -0.2) is 13.1 Å². The molecule has 20 heavy (non-hydrogen) atoms. The highest BCUT2D eigenvalue weighted by atomic mass is 32.2. The van der Waals surface area contributed by atoms with Crippen molar-refractivity contribution < 1.29 is 18.3 Å². The van der Waals surface area contributed by atoms with E-state index in [4.69, 9.17) is 9.84 Å². The van der Waals surface area contributed by atoms with Gasteiger partial charge in [0.2, 0.25) is 10.0 Å². The van der Waals surface area contributed by atoms with Crippen LogP contribution >= 0.6 is 0 Å². The quantitative estimate of drug-likeness (QED) is 0.719. The molecule has 0 aliphatic rings. The third kappa shape index (κ3) is 5.11. The van der Waals surface area contributed by atoms with Gasteiger partial charge >= 0.3 is 0 Å². The SMILES string of the molecule is CCC(C)(C)NS(=O)(=O)c1ccc(OCCCO)cc1. The van der Waals surface area contributed by atoms with E-state index in [2.05, 4.69) is 4.72 Å². The van der Waals surface area contributed by atoms with Gasteiger partial charge in [-0.2, -0.15) is 0 Å². The van der Waals surface area contributed by atoms with Crippen molar-refractivity contribution in [3.8, 4) is 5.75 Å². The zero-order valence-corrected chi connectivity index (χ0v) is 13.0. The van der Waals surface area contributed by atoms with Crippen molar-refractivity contribution in [2.24, 2.45) is 0 Å². The van der Waals surface area contributed by atoms with Crippen molar-refractivity contribution >= 4 is 10.0 Å². The van der Waals surface area contributed by atoms with Crippen LogP contribution in [0.25, 0.3) is 0 Å². The molecule has 0 radical (unpaired) electrons. The fourth-order valence-corrected chi connectivity index (χ4v) is 2.95. The molecule has 0 atom stereocenters. The Balaban J connectivity index is 2.77. The van der Waals surface area contributed by atoms with Crippen LogP contribution in [0, 0.1) is 0 Å². The standard InChI is InChI=1S/C14H23NO4S/c1-4-14(2,3)15-20(17,18)13-8-6-12(7-9-13)19-11-5-10-16/h6-9,15-16H,4-5,10-11H2,1-3H3. The maximum Gasteiger partial charge on any atom is 0.241 e. The van der Waals surface area contributed by atoms with Gasteiger partial charge in [0.25, 0.3) is 0 Å². The van der Waals surface area contributed by atoms with Gasteiger partial charge in [0, 0.05) is 18.6 Å². The summed E-state index contributed by atoms with van der Waals surface area (Å²) in [6.07, 6.45) is 1.25. The van der Waals surface area contributed by atoms with Gasteiger partial charge in [0.15, 0.2) is 0 Å². The molecule has 0 unspecified atom stereocenters. The molecule has 0 bridgehead atoms. The van der Waals surface area contributed by atoms with E-state index in [1.165, 1.54) is 12.1 Å². The van der Waals surface area contributed by atoms with Crippen LogP contribution in [0.1, 0.15) is 33.6 Å². The van der Waals surface area contributed by atoms with E-state index in [1.807, 2.05) is 20.8 Å². The van der Waals surface area contributed by atoms with Crippen molar-refractivity contribution in [1.82, 2.24) is 4.72 Å². The zero-order valence-electron chi connectivity index (χ0n) is 12.2. The lowest BCUT2D eigenvalue weighted by Crippen LogP contribution is -2.42. The van der Waals surface area contributed by atoms with E-state index in [9.17, 15) is 8.42 Å². The second-order valence-corrected chi connectivity index (χ2v) is 6.92. The first kappa shape index (κ1) is 16.9. The Bertz CT molecular complexity index is 508. The molecule has 0 saturated heterocycles. The highest BCUT2D eigenvalue weighted by Gasteiger charge is 2.24. The van der Waals surface area contributed by atoms with Crippen molar-refractivity contribution in [2.45, 2.75) is 44.0 Å². The van der Waals surface area contributed by atoms with Gasteiger partial charge in [-0.1, -0.05) is 6.92 Å². The average molecular weight is 301 g/mol. The molecular weight excluding hydrogens is 278 g/mol. The molecular formula is C14H23NO4S. The Morgan fingerprint density at radius 1 is 1.25 bits per heavy atom. The average Bonchev–Trinajstić information content (AvgIpc) is 2.38. The van der Waals surface area contributed by atoms with Crippen LogP contribution in [0.2, 0.25) is 0 Å². The first-order chi connectivity index (χ1) is 9.30. The van der Waals surface area contributed by atoms with Crippen molar-refractivity contribution in [3.05, 3.63) is 24.3 Å². The minimum absolute atomic E-state index is 0.0719. The maximum absolute atomic E-state index is 12.2. The van der Waals surface area contributed by atoms with Crippen molar-refractivity contribution in [2.75, 3.05) is 13.2 Å². The third-order valence-electron chi connectivity index (χ3n) is 3.00. The first-order valence-electron chi connectivity index (χ1n) is 6.68. The van der Waals surface area contributed by atoms with Crippen LogP contribution in [0.3, 0.4) is 0 Å². The Morgan fingerprint density at radius 3 is 2.35 bits per heavy atom. The summed E-state index contributed by atoms with van der Waals surface area (Å²) < 4.78 is 32.4. The Kier molecular flexibility index (Phi) is 5.98. The van der Waals surface area contributed by atoms with Crippen LogP contribution in [-0.4, -0.2) is 32.3 Å². The Morgan fingerprint density at radius 2 is 1.85 bits per heavy atom. The molecule has 0 saturated carbocycles. The van der Waals surface area contributed by atoms with Crippen LogP contribution in [0.5, 0.6) is 5.75 Å². The number of aliphatic hydroxyl groups excluding tert-OH is 1. The number of ether oxygens (including phenoxy) is 1. The fourth-order valence-electron chi connectivity index (χ4n) is 1.46. The lowest BCUT2D eigenvalue weighted by molar-refractivity contribution is 0.233. The third-order valence-corrected chi connectivity index (χ3v) is 4.71. The highest BCUT2D eigenvalue weighted by molar-refractivity contribution is 7.89. The van der Waals surface area contributed by atoms with E-state index in [1.54, 1.807) is 12.1 Å². The molecule has 6 heteroatoms. The number of nitrogens with one attached hydrogen (secondary N) is 1. The molecule has 1 aromatic rings. The number of sulfonamides is 1. The van der Waals surface area contributed by atoms with E-state index in [0.29, 0.717) is 25.2 Å². The monoisotopic (exact) mass is 301 g/mol. The number of hydrogen-bond donors (Lipinski definition) is 2. The Labute approximate surface area is 121 Å². The number of aliphatic hydroxyl groups is 1. The van der Waals surface area contributed by atoms with Gasteiger partial charge in [0.1, 0.15) is 5.75 Å². The van der Waals surface area contributed by atoms with Gasteiger partial charge in [-0.3, -0.25) is 0 Å². The molecule has 1 rings (SSSR count). The van der Waals surface area contributed by atoms with E-state index < -0.39 is 15.6 Å². The summed E-state index contributed by atoms with van der Waals surface area (Å²) in [6.45, 7) is 6.10. The summed E-state index contributed by atoms with van der Waals surface area (Å²) in [5.41, 5.74) is -0.477. The van der Waals surface area contributed by atoms with Crippen LogP contribution in [0.15, 0.2) is 29.2 Å². The summed E-state index contributed by atoms with van der Waals surface area (Å²) in [5.74, 6) is 0.590. The molecule has 0 aromatic heterocycles. The normalized spacial score (nSPS) is 12.4. The van der Waals surface area contributed by atoms with Crippen LogP contribution in [0.4, 0.5) is 0 Å². The second-order valence-electron chi connectivity index (χ2n) is 5.24. The van der Waals surface area contributed by atoms with Gasteiger partial charge in [-0.15, -0.1) is 0 Å². The highest BCUT2D eigenvalue weighted by Crippen LogP contribution is 2.18. The smallest absolute Gasteiger partial charge is 0.241 e. The second kappa shape index (κ2) is 7.06. The predicted octanol–water partition coefficient (Wildman–Crippen LogP) is 1.91. The van der Waals surface area contributed by atoms with Crippen LogP contribution in [-0.2, 0) is 10.0 Å². The Hall–Kier alpha value is -1.11. The van der Waals surface area contributed by atoms with E-state index in [0.717, 1.165) is 0 Å². The first-order valence-corrected chi connectivity index (χ1v) is 8.17. The summed E-state index contributed by atoms with van der Waals surface area (Å²) in [6, 6.07) is 6.26. The summed E-state index contributed by atoms with van der Waals surface area (Å²) in [7, 11) is -3.52. The minimum Gasteiger partial charge on any atom is -0.494 e. The summed E-state index contributed by atoms with van der Waals surface area (Å²) in [4.78, 5) is 0.216. The molecule has 0 fully saturated rings. The summed E-state index contributed by atoms with van der Waals surface area (Å²) >= 11 is 0. The predicted molar refractivity (Wildman–Crippen MR) is 78.3 cm³/mol. The molecule has 1 aromatic carbocycles. The molecule has 5 nitrogen and oxygen atoms in total. The number of hydrogen-bond acceptors (Lipinski definition) is 4. The lowest BCUT2D eigenvalue weighted by Gasteiger charge is -2.24. The molecule has 0 heterocycles. The number of benzene rings is 1. The van der Waals surface area contributed by atoms with E-state index >= 15 is 0 Å². The topological polar surface area (TPSA) is 75.6 Å². The van der Waals surface area contributed by atoms with E-state index in [-0.39, 0.29) is 11.5 Å².